The molecule has 0 fully saturated rings. The average molecular weight is 318 g/mol. The lowest BCUT2D eigenvalue weighted by Gasteiger charge is -2.20. The SMILES string of the molecule is COc1c(OC)c(OC(=O)C(C)C)c2c(C)cccc2c1OC. The van der Waals surface area contributed by atoms with Gasteiger partial charge in [-0.05, 0) is 12.5 Å². The van der Waals surface area contributed by atoms with Crippen LogP contribution in [0.2, 0.25) is 0 Å². The van der Waals surface area contributed by atoms with E-state index in [2.05, 4.69) is 0 Å². The van der Waals surface area contributed by atoms with E-state index in [1.165, 1.54) is 14.2 Å². The molecule has 23 heavy (non-hydrogen) atoms. The number of carbonyl (C=O) groups is 1. The van der Waals surface area contributed by atoms with Gasteiger partial charge >= 0.3 is 5.97 Å². The number of rotatable bonds is 5. The monoisotopic (exact) mass is 318 g/mol. The zero-order valence-electron chi connectivity index (χ0n) is 14.4. The Morgan fingerprint density at radius 3 is 2.00 bits per heavy atom. The van der Waals surface area contributed by atoms with Crippen molar-refractivity contribution < 1.29 is 23.7 Å². The predicted molar refractivity (Wildman–Crippen MR) is 88.8 cm³/mol. The molecule has 0 aliphatic carbocycles. The third kappa shape index (κ3) is 2.91. The van der Waals surface area contributed by atoms with Crippen LogP contribution in [0.15, 0.2) is 18.2 Å². The number of methoxy groups -OCH3 is 3. The molecule has 0 atom stereocenters. The molecule has 2 aromatic rings. The Bertz CT molecular complexity index is 734. The molecule has 0 heterocycles. The Labute approximate surface area is 136 Å². The van der Waals surface area contributed by atoms with Gasteiger partial charge in [0.15, 0.2) is 11.5 Å². The standard InChI is InChI=1S/C18H22O5/c1-10(2)18(19)23-15-13-11(3)8-7-9-12(13)14(20-4)16(21-5)17(15)22-6/h7-10H,1-6H3. The molecule has 0 aliphatic rings. The van der Waals surface area contributed by atoms with Crippen molar-refractivity contribution in [2.45, 2.75) is 20.8 Å². The first kappa shape index (κ1) is 16.9. The summed E-state index contributed by atoms with van der Waals surface area (Å²) in [6.45, 7) is 5.51. The minimum absolute atomic E-state index is 0.258. The lowest BCUT2D eigenvalue weighted by atomic mass is 10.0. The Morgan fingerprint density at radius 1 is 0.913 bits per heavy atom. The van der Waals surface area contributed by atoms with E-state index >= 15 is 0 Å². The van der Waals surface area contributed by atoms with Crippen LogP contribution in [-0.2, 0) is 4.79 Å². The van der Waals surface area contributed by atoms with E-state index in [9.17, 15) is 4.79 Å². The molecule has 2 aromatic carbocycles. The summed E-state index contributed by atoms with van der Waals surface area (Å²) in [5.41, 5.74) is 0.952. The molecule has 2 rings (SSSR count). The fraction of sp³-hybridized carbons (Fsp3) is 0.389. The van der Waals surface area contributed by atoms with Crippen molar-refractivity contribution in [2.24, 2.45) is 5.92 Å². The van der Waals surface area contributed by atoms with Gasteiger partial charge in [0, 0.05) is 10.8 Å². The summed E-state index contributed by atoms with van der Waals surface area (Å²) in [5.74, 6) is 1.07. The van der Waals surface area contributed by atoms with Crippen LogP contribution >= 0.6 is 0 Å². The van der Waals surface area contributed by atoms with Crippen molar-refractivity contribution in [1.82, 2.24) is 0 Å². The zero-order chi connectivity index (χ0) is 17.1. The molecule has 0 spiro atoms. The highest BCUT2D eigenvalue weighted by molar-refractivity contribution is 6.02. The second kappa shape index (κ2) is 6.77. The lowest BCUT2D eigenvalue weighted by molar-refractivity contribution is -0.137. The molecule has 0 saturated heterocycles. The lowest BCUT2D eigenvalue weighted by Crippen LogP contribution is -2.16. The maximum atomic E-state index is 12.1. The van der Waals surface area contributed by atoms with Gasteiger partial charge in [-0.1, -0.05) is 32.0 Å². The molecule has 0 radical (unpaired) electrons. The van der Waals surface area contributed by atoms with Gasteiger partial charge in [0.2, 0.25) is 11.5 Å². The molecule has 0 aromatic heterocycles. The van der Waals surface area contributed by atoms with Crippen molar-refractivity contribution in [3.63, 3.8) is 0 Å². The van der Waals surface area contributed by atoms with Gasteiger partial charge in [-0.25, -0.2) is 0 Å². The molecule has 124 valence electrons. The van der Waals surface area contributed by atoms with E-state index in [0.717, 1.165) is 16.3 Å². The van der Waals surface area contributed by atoms with Gasteiger partial charge < -0.3 is 18.9 Å². The molecule has 0 amide bonds. The summed E-state index contributed by atoms with van der Waals surface area (Å²) >= 11 is 0. The normalized spacial score (nSPS) is 10.7. The highest BCUT2D eigenvalue weighted by Gasteiger charge is 2.26. The number of fused-ring (bicyclic) bond motifs is 1. The fourth-order valence-corrected chi connectivity index (χ4v) is 2.49. The molecule has 0 aliphatic heterocycles. The largest absolute Gasteiger partial charge is 0.492 e. The van der Waals surface area contributed by atoms with Gasteiger partial charge in [0.05, 0.1) is 27.2 Å². The van der Waals surface area contributed by atoms with E-state index in [4.69, 9.17) is 18.9 Å². The second-order valence-electron chi connectivity index (χ2n) is 5.50. The summed E-state index contributed by atoms with van der Waals surface area (Å²) in [6.07, 6.45) is 0. The van der Waals surface area contributed by atoms with E-state index < -0.39 is 0 Å². The first-order valence-electron chi connectivity index (χ1n) is 7.39. The summed E-state index contributed by atoms with van der Waals surface area (Å²) < 4.78 is 22.1. The number of carbonyl (C=O) groups excluding carboxylic acids is 1. The van der Waals surface area contributed by atoms with Crippen LogP contribution in [-0.4, -0.2) is 27.3 Å². The van der Waals surface area contributed by atoms with Gasteiger partial charge in [0.1, 0.15) is 0 Å². The number of hydrogen-bond donors (Lipinski definition) is 0. The maximum Gasteiger partial charge on any atom is 0.313 e. The Balaban J connectivity index is 2.89. The zero-order valence-corrected chi connectivity index (χ0v) is 14.4. The van der Waals surface area contributed by atoms with Crippen molar-refractivity contribution in [3.05, 3.63) is 23.8 Å². The van der Waals surface area contributed by atoms with E-state index in [1.54, 1.807) is 21.0 Å². The van der Waals surface area contributed by atoms with Crippen LogP contribution < -0.4 is 18.9 Å². The van der Waals surface area contributed by atoms with Gasteiger partial charge in [-0.2, -0.15) is 0 Å². The fourth-order valence-electron chi connectivity index (χ4n) is 2.49. The van der Waals surface area contributed by atoms with Crippen LogP contribution in [0.1, 0.15) is 19.4 Å². The third-order valence-electron chi connectivity index (χ3n) is 3.65. The summed E-state index contributed by atoms with van der Waals surface area (Å²) in [4.78, 5) is 12.1. The van der Waals surface area contributed by atoms with Crippen molar-refractivity contribution >= 4 is 16.7 Å². The van der Waals surface area contributed by atoms with Crippen LogP contribution in [0.25, 0.3) is 10.8 Å². The third-order valence-corrected chi connectivity index (χ3v) is 3.65. The quantitative estimate of drug-likeness (QED) is 0.621. The Kier molecular flexibility index (Phi) is 4.98. The van der Waals surface area contributed by atoms with Crippen molar-refractivity contribution in [3.8, 4) is 23.0 Å². The minimum atomic E-state index is -0.333. The minimum Gasteiger partial charge on any atom is -0.492 e. The van der Waals surface area contributed by atoms with Crippen LogP contribution in [0, 0.1) is 12.8 Å². The second-order valence-corrected chi connectivity index (χ2v) is 5.50. The van der Waals surface area contributed by atoms with Gasteiger partial charge in [-0.15, -0.1) is 0 Å². The first-order chi connectivity index (χ1) is 11.0. The number of aryl methyl sites for hydroxylation is 1. The summed E-state index contributed by atoms with van der Waals surface area (Å²) in [7, 11) is 4.60. The molecule has 0 unspecified atom stereocenters. The predicted octanol–water partition coefficient (Wildman–Crippen LogP) is 3.74. The van der Waals surface area contributed by atoms with Gasteiger partial charge in [0.25, 0.3) is 0 Å². The molecule has 0 saturated carbocycles. The number of esters is 1. The summed E-state index contributed by atoms with van der Waals surface area (Å²) in [6, 6.07) is 5.76. The number of ether oxygens (including phenoxy) is 4. The number of hydrogen-bond acceptors (Lipinski definition) is 5. The molecule has 5 nitrogen and oxygen atoms in total. The Hall–Kier alpha value is -2.43. The number of benzene rings is 2. The van der Waals surface area contributed by atoms with Crippen LogP contribution in [0.5, 0.6) is 23.0 Å². The molecular formula is C18H22O5. The van der Waals surface area contributed by atoms with Crippen LogP contribution in [0.4, 0.5) is 0 Å². The highest BCUT2D eigenvalue weighted by Crippen LogP contribution is 2.51. The average Bonchev–Trinajstić information content (AvgIpc) is 2.53. The van der Waals surface area contributed by atoms with Crippen molar-refractivity contribution in [2.75, 3.05) is 21.3 Å². The van der Waals surface area contributed by atoms with E-state index in [1.807, 2.05) is 25.1 Å². The maximum absolute atomic E-state index is 12.1. The van der Waals surface area contributed by atoms with Crippen molar-refractivity contribution in [1.29, 1.82) is 0 Å². The summed E-state index contributed by atoms with van der Waals surface area (Å²) in [5, 5.41) is 1.58. The molecule has 0 bridgehead atoms. The highest BCUT2D eigenvalue weighted by atomic mass is 16.6. The van der Waals surface area contributed by atoms with Crippen LogP contribution in [0.3, 0.4) is 0 Å². The molecule has 5 heteroatoms. The smallest absolute Gasteiger partial charge is 0.313 e. The van der Waals surface area contributed by atoms with E-state index in [0.29, 0.717) is 23.0 Å². The van der Waals surface area contributed by atoms with E-state index in [-0.39, 0.29) is 11.9 Å². The molecule has 0 N–H and O–H groups in total. The Morgan fingerprint density at radius 2 is 1.48 bits per heavy atom. The topological polar surface area (TPSA) is 54.0 Å². The molecular weight excluding hydrogens is 296 g/mol. The van der Waals surface area contributed by atoms with Gasteiger partial charge in [-0.3, -0.25) is 4.79 Å². The first-order valence-corrected chi connectivity index (χ1v) is 7.39.